The molecule has 0 aromatic heterocycles. The van der Waals surface area contributed by atoms with Crippen LogP contribution in [0.25, 0.3) is 0 Å². The van der Waals surface area contributed by atoms with Crippen LogP contribution < -0.4 is 10.6 Å². The second-order valence-corrected chi connectivity index (χ2v) is 5.46. The number of carbonyl (C=O) groups is 2. The molecule has 0 unspecified atom stereocenters. The van der Waals surface area contributed by atoms with Crippen molar-refractivity contribution in [3.63, 3.8) is 0 Å². The molecule has 0 radical (unpaired) electrons. The fourth-order valence-corrected chi connectivity index (χ4v) is 2.61. The van der Waals surface area contributed by atoms with Gasteiger partial charge >= 0.3 is 0 Å². The van der Waals surface area contributed by atoms with Crippen LogP contribution in [-0.2, 0) is 9.59 Å². The topological polar surface area (TPSA) is 107 Å². The van der Waals surface area contributed by atoms with Crippen LogP contribution in [0.15, 0.2) is 24.3 Å². The largest absolute Gasteiger partial charge is 0.380 e. The Labute approximate surface area is 132 Å². The highest BCUT2D eigenvalue weighted by atomic mass is 35.5. The second-order valence-electron chi connectivity index (χ2n) is 5.06. The number of aliphatic hydroxyl groups excluding tert-OH is 2. The second kappa shape index (κ2) is 6.95. The van der Waals surface area contributed by atoms with Crippen LogP contribution in [0.4, 0.5) is 5.69 Å². The molecule has 2 rings (SSSR count). The maximum Gasteiger partial charge on any atom is 0.254 e. The van der Waals surface area contributed by atoms with Gasteiger partial charge in [-0.15, -0.1) is 0 Å². The number of aliphatic hydroxyl groups is 2. The highest BCUT2D eigenvalue weighted by Gasteiger charge is 2.33. The number of para-hydroxylation sites is 1. The molecule has 22 heavy (non-hydrogen) atoms. The Balaban J connectivity index is 1.96. The molecule has 0 spiro atoms. The lowest BCUT2D eigenvalue weighted by Crippen LogP contribution is -2.55. The summed E-state index contributed by atoms with van der Waals surface area (Å²) in [6, 6.07) is 7.41. The smallest absolute Gasteiger partial charge is 0.254 e. The Hall–Kier alpha value is -1.83. The Morgan fingerprint density at radius 2 is 1.68 bits per heavy atom. The molecule has 0 saturated carbocycles. The number of hydrogen-bond acceptors (Lipinski definition) is 5. The molecule has 0 bridgehead atoms. The monoisotopic (exact) mass is 327 g/mol. The number of carbonyl (C=O) groups excluding carboxylic acids is 2. The quantitative estimate of drug-likeness (QED) is 0.671. The molecule has 1 aromatic carbocycles. The van der Waals surface area contributed by atoms with Gasteiger partial charge < -0.3 is 25.7 Å². The zero-order valence-electron chi connectivity index (χ0n) is 11.9. The van der Waals surface area contributed by atoms with Gasteiger partial charge in [0.2, 0.25) is 5.91 Å². The summed E-state index contributed by atoms with van der Waals surface area (Å²) in [5, 5.41) is 19.7. The normalized spacial score (nSPS) is 18.0. The Kier molecular flexibility index (Phi) is 5.23. The fraction of sp³-hybridized carbons (Fsp3) is 0.429. The van der Waals surface area contributed by atoms with E-state index in [4.69, 9.17) is 17.3 Å². The van der Waals surface area contributed by atoms with Gasteiger partial charge in [0.1, 0.15) is 0 Å². The lowest BCUT2D eigenvalue weighted by molar-refractivity contribution is -0.152. The molecule has 1 aromatic rings. The standard InChI is InChI=1S/C14H18ClN3O4/c15-9-3-1-2-4-10(9)17-5-7-18(8-6-17)14(22)12(20)11(19)13(16)21/h1-4,11-12,19-20H,5-8H2,(H2,16,21)/t11-,12-/m1/s1. The summed E-state index contributed by atoms with van der Waals surface area (Å²) < 4.78 is 0. The van der Waals surface area contributed by atoms with Gasteiger partial charge in [0, 0.05) is 26.2 Å². The van der Waals surface area contributed by atoms with E-state index in [0.717, 1.165) is 5.69 Å². The first-order valence-corrected chi connectivity index (χ1v) is 7.23. The van der Waals surface area contributed by atoms with Crippen molar-refractivity contribution in [2.24, 2.45) is 5.73 Å². The van der Waals surface area contributed by atoms with Gasteiger partial charge in [0.25, 0.3) is 5.91 Å². The van der Waals surface area contributed by atoms with E-state index in [1.54, 1.807) is 6.07 Å². The van der Waals surface area contributed by atoms with E-state index in [2.05, 4.69) is 0 Å². The summed E-state index contributed by atoms with van der Waals surface area (Å²) in [5.74, 6) is -1.83. The summed E-state index contributed by atoms with van der Waals surface area (Å²) in [4.78, 5) is 26.3. The minimum absolute atomic E-state index is 0.354. The third-order valence-corrected chi connectivity index (χ3v) is 3.95. The van der Waals surface area contributed by atoms with Crippen LogP contribution in [-0.4, -0.2) is 65.3 Å². The molecule has 0 aliphatic carbocycles. The van der Waals surface area contributed by atoms with Crippen LogP contribution in [0.5, 0.6) is 0 Å². The number of benzene rings is 1. The molecular formula is C14H18ClN3O4. The molecule has 1 fully saturated rings. The van der Waals surface area contributed by atoms with Crippen molar-refractivity contribution < 1.29 is 19.8 Å². The molecule has 7 nitrogen and oxygen atoms in total. The summed E-state index contributed by atoms with van der Waals surface area (Å²) in [6.07, 6.45) is -3.72. The van der Waals surface area contributed by atoms with Crippen molar-refractivity contribution in [3.05, 3.63) is 29.3 Å². The van der Waals surface area contributed by atoms with Gasteiger partial charge in [-0.2, -0.15) is 0 Å². The van der Waals surface area contributed by atoms with Crippen molar-refractivity contribution in [2.75, 3.05) is 31.1 Å². The molecule has 2 atom stereocenters. The molecule has 1 aliphatic heterocycles. The summed E-state index contributed by atoms with van der Waals surface area (Å²) in [6.45, 7) is 1.78. The minimum Gasteiger partial charge on any atom is -0.380 e. The van der Waals surface area contributed by atoms with Crippen molar-refractivity contribution in [3.8, 4) is 0 Å². The van der Waals surface area contributed by atoms with E-state index in [0.29, 0.717) is 31.2 Å². The third kappa shape index (κ3) is 3.49. The van der Waals surface area contributed by atoms with Crippen LogP contribution >= 0.6 is 11.6 Å². The lowest BCUT2D eigenvalue weighted by Gasteiger charge is -2.37. The zero-order valence-corrected chi connectivity index (χ0v) is 12.6. The van der Waals surface area contributed by atoms with Gasteiger partial charge in [-0.1, -0.05) is 23.7 Å². The first kappa shape index (κ1) is 16.5. The SMILES string of the molecule is NC(=O)[C@H](O)[C@@H](O)C(=O)N1CCN(c2ccccc2Cl)CC1. The Morgan fingerprint density at radius 3 is 2.23 bits per heavy atom. The van der Waals surface area contributed by atoms with E-state index >= 15 is 0 Å². The molecule has 120 valence electrons. The van der Waals surface area contributed by atoms with Crippen LogP contribution in [0.2, 0.25) is 5.02 Å². The highest BCUT2D eigenvalue weighted by molar-refractivity contribution is 6.33. The Morgan fingerprint density at radius 1 is 1.09 bits per heavy atom. The van der Waals surface area contributed by atoms with Crippen molar-refractivity contribution in [1.82, 2.24) is 4.90 Å². The number of primary amides is 1. The van der Waals surface area contributed by atoms with Gasteiger partial charge in [-0.05, 0) is 12.1 Å². The van der Waals surface area contributed by atoms with E-state index in [9.17, 15) is 19.8 Å². The summed E-state index contributed by atoms with van der Waals surface area (Å²) in [7, 11) is 0. The van der Waals surface area contributed by atoms with Crippen molar-refractivity contribution >= 4 is 29.1 Å². The zero-order chi connectivity index (χ0) is 16.3. The fourth-order valence-electron chi connectivity index (χ4n) is 2.35. The number of amides is 2. The summed E-state index contributed by atoms with van der Waals surface area (Å²) in [5.41, 5.74) is 5.76. The number of nitrogens with zero attached hydrogens (tertiary/aromatic N) is 2. The predicted octanol–water partition coefficient (Wildman–Crippen LogP) is -0.804. The van der Waals surface area contributed by atoms with E-state index in [-0.39, 0.29) is 0 Å². The molecule has 8 heteroatoms. The summed E-state index contributed by atoms with van der Waals surface area (Å²) >= 11 is 6.14. The molecule has 1 heterocycles. The van der Waals surface area contributed by atoms with Gasteiger partial charge in [0.15, 0.2) is 12.2 Å². The van der Waals surface area contributed by atoms with Crippen LogP contribution in [0, 0.1) is 0 Å². The van der Waals surface area contributed by atoms with Gasteiger partial charge in [-0.3, -0.25) is 9.59 Å². The first-order chi connectivity index (χ1) is 10.4. The molecule has 4 N–H and O–H groups in total. The number of rotatable bonds is 4. The number of halogens is 1. The molecule has 1 saturated heterocycles. The van der Waals surface area contributed by atoms with E-state index in [1.807, 2.05) is 23.1 Å². The average Bonchev–Trinajstić information content (AvgIpc) is 2.53. The van der Waals surface area contributed by atoms with Gasteiger partial charge in [0.05, 0.1) is 10.7 Å². The number of nitrogens with two attached hydrogens (primary N) is 1. The Bertz CT molecular complexity index is 561. The van der Waals surface area contributed by atoms with Crippen molar-refractivity contribution in [2.45, 2.75) is 12.2 Å². The van der Waals surface area contributed by atoms with Gasteiger partial charge in [-0.25, -0.2) is 0 Å². The maximum absolute atomic E-state index is 12.0. The lowest BCUT2D eigenvalue weighted by atomic mass is 10.1. The molecular weight excluding hydrogens is 310 g/mol. The predicted molar refractivity (Wildman–Crippen MR) is 81.5 cm³/mol. The van der Waals surface area contributed by atoms with Crippen LogP contribution in [0.1, 0.15) is 0 Å². The minimum atomic E-state index is -1.89. The number of piperazine rings is 1. The highest BCUT2D eigenvalue weighted by Crippen LogP contribution is 2.26. The van der Waals surface area contributed by atoms with E-state index in [1.165, 1.54) is 4.90 Å². The number of anilines is 1. The van der Waals surface area contributed by atoms with E-state index < -0.39 is 24.0 Å². The average molecular weight is 328 g/mol. The number of hydrogen-bond donors (Lipinski definition) is 3. The first-order valence-electron chi connectivity index (χ1n) is 6.85. The van der Waals surface area contributed by atoms with Crippen LogP contribution in [0.3, 0.4) is 0 Å². The third-order valence-electron chi connectivity index (χ3n) is 3.63. The van der Waals surface area contributed by atoms with Crippen molar-refractivity contribution in [1.29, 1.82) is 0 Å². The maximum atomic E-state index is 12.0. The molecule has 2 amide bonds. The molecule has 1 aliphatic rings.